The van der Waals surface area contributed by atoms with Gasteiger partial charge >= 0.3 is 0 Å². The first-order valence-electron chi connectivity index (χ1n) is 9.94. The maximum atomic E-state index is 5.28. The molecule has 0 bridgehead atoms. The van der Waals surface area contributed by atoms with Gasteiger partial charge in [0.2, 0.25) is 0 Å². The fourth-order valence-electron chi connectivity index (χ4n) is 5.16. The molecule has 0 saturated heterocycles. The molecule has 0 heterocycles. The van der Waals surface area contributed by atoms with E-state index in [9.17, 15) is 0 Å². The molecule has 1 heteroatoms. The predicted octanol–water partition coefficient (Wildman–Crippen LogP) is 6.58. The molecule has 3 rings (SSSR count). The lowest BCUT2D eigenvalue weighted by atomic mass is 9.68. The van der Waals surface area contributed by atoms with Crippen molar-refractivity contribution in [3.8, 4) is 5.75 Å². The number of methoxy groups -OCH3 is 1. The minimum Gasteiger partial charge on any atom is -0.497 e. The molecule has 2 saturated carbocycles. The van der Waals surface area contributed by atoms with E-state index in [2.05, 4.69) is 31.2 Å². The predicted molar refractivity (Wildman–Crippen MR) is 98.0 cm³/mol. The lowest BCUT2D eigenvalue weighted by Gasteiger charge is -2.38. The Morgan fingerprint density at radius 2 is 1.39 bits per heavy atom. The number of rotatable bonds is 5. The molecule has 0 amide bonds. The van der Waals surface area contributed by atoms with Gasteiger partial charge in [-0.1, -0.05) is 44.7 Å². The second kappa shape index (κ2) is 8.22. The molecular formula is C22H34O. The van der Waals surface area contributed by atoms with Crippen LogP contribution in [0.15, 0.2) is 24.3 Å². The summed E-state index contributed by atoms with van der Waals surface area (Å²) in [5.41, 5.74) is 1.52. The molecule has 2 aliphatic rings. The van der Waals surface area contributed by atoms with E-state index in [0.29, 0.717) is 0 Å². The Balaban J connectivity index is 1.46. The van der Waals surface area contributed by atoms with Crippen molar-refractivity contribution in [3.05, 3.63) is 29.8 Å². The quantitative estimate of drug-likeness (QED) is 0.596. The van der Waals surface area contributed by atoms with E-state index >= 15 is 0 Å². The Morgan fingerprint density at radius 1 is 0.826 bits per heavy atom. The molecule has 0 spiro atoms. The van der Waals surface area contributed by atoms with E-state index in [4.69, 9.17) is 4.74 Å². The topological polar surface area (TPSA) is 9.23 Å². The first kappa shape index (κ1) is 16.9. The van der Waals surface area contributed by atoms with E-state index in [1.54, 1.807) is 7.11 Å². The highest BCUT2D eigenvalue weighted by Gasteiger charge is 2.30. The van der Waals surface area contributed by atoms with Crippen LogP contribution in [0.5, 0.6) is 5.75 Å². The van der Waals surface area contributed by atoms with E-state index in [-0.39, 0.29) is 0 Å². The largest absolute Gasteiger partial charge is 0.497 e. The molecule has 0 N–H and O–H groups in total. The van der Waals surface area contributed by atoms with Crippen LogP contribution < -0.4 is 4.74 Å². The van der Waals surface area contributed by atoms with Crippen molar-refractivity contribution < 1.29 is 4.74 Å². The van der Waals surface area contributed by atoms with Crippen LogP contribution in [-0.4, -0.2) is 7.11 Å². The maximum absolute atomic E-state index is 5.28. The van der Waals surface area contributed by atoms with Gasteiger partial charge < -0.3 is 4.74 Å². The fourth-order valence-corrected chi connectivity index (χ4v) is 5.16. The highest BCUT2D eigenvalue weighted by Crippen LogP contribution is 2.44. The smallest absolute Gasteiger partial charge is 0.118 e. The maximum Gasteiger partial charge on any atom is 0.118 e. The summed E-state index contributed by atoms with van der Waals surface area (Å²) in [7, 11) is 1.75. The van der Waals surface area contributed by atoms with Crippen molar-refractivity contribution in [2.75, 3.05) is 7.11 Å². The third-order valence-corrected chi connectivity index (χ3v) is 6.61. The van der Waals surface area contributed by atoms with Crippen molar-refractivity contribution in [3.63, 3.8) is 0 Å². The van der Waals surface area contributed by atoms with Gasteiger partial charge in [0, 0.05) is 0 Å². The second-order valence-electron chi connectivity index (χ2n) is 7.95. The number of hydrogen-bond acceptors (Lipinski definition) is 1. The zero-order valence-corrected chi connectivity index (χ0v) is 15.1. The van der Waals surface area contributed by atoms with Gasteiger partial charge in [-0.3, -0.25) is 0 Å². The summed E-state index contributed by atoms with van der Waals surface area (Å²) in [6, 6.07) is 8.80. The normalized spacial score (nSPS) is 31.7. The molecule has 1 nitrogen and oxygen atoms in total. The molecule has 0 radical (unpaired) electrons. The highest BCUT2D eigenvalue weighted by molar-refractivity contribution is 5.29. The zero-order valence-electron chi connectivity index (χ0n) is 15.1. The van der Waals surface area contributed by atoms with Gasteiger partial charge in [-0.2, -0.15) is 0 Å². The molecule has 128 valence electrons. The molecule has 0 atom stereocenters. The summed E-state index contributed by atoms with van der Waals surface area (Å²) in [5, 5.41) is 0. The van der Waals surface area contributed by atoms with Crippen LogP contribution in [0.1, 0.15) is 82.6 Å². The Bertz CT molecular complexity index is 447. The van der Waals surface area contributed by atoms with Crippen molar-refractivity contribution in [2.24, 2.45) is 17.8 Å². The molecular weight excluding hydrogens is 280 g/mol. The lowest BCUT2D eigenvalue weighted by molar-refractivity contribution is 0.156. The van der Waals surface area contributed by atoms with Gasteiger partial charge in [-0.05, 0) is 79.9 Å². The SMILES string of the molecule is CCCC1CCC(C2CCC(c3ccc(OC)cc3)CC2)CC1. The monoisotopic (exact) mass is 314 g/mol. The lowest BCUT2D eigenvalue weighted by Crippen LogP contribution is -2.25. The van der Waals surface area contributed by atoms with E-state index in [0.717, 1.165) is 29.4 Å². The second-order valence-corrected chi connectivity index (χ2v) is 7.95. The molecule has 0 aliphatic heterocycles. The van der Waals surface area contributed by atoms with Crippen LogP contribution in [0.2, 0.25) is 0 Å². The molecule has 0 unspecified atom stereocenters. The van der Waals surface area contributed by atoms with Crippen LogP contribution in [-0.2, 0) is 0 Å². The summed E-state index contributed by atoms with van der Waals surface area (Å²) < 4.78 is 5.28. The molecule has 2 fully saturated rings. The summed E-state index contributed by atoms with van der Waals surface area (Å²) >= 11 is 0. The number of hydrogen-bond donors (Lipinski definition) is 0. The van der Waals surface area contributed by atoms with E-state index in [1.807, 2.05) is 0 Å². The van der Waals surface area contributed by atoms with Crippen molar-refractivity contribution >= 4 is 0 Å². The third-order valence-electron chi connectivity index (χ3n) is 6.61. The van der Waals surface area contributed by atoms with Gasteiger partial charge in [-0.25, -0.2) is 0 Å². The number of benzene rings is 1. The van der Waals surface area contributed by atoms with Crippen molar-refractivity contribution in [2.45, 2.75) is 77.0 Å². The zero-order chi connectivity index (χ0) is 16.1. The molecule has 23 heavy (non-hydrogen) atoms. The molecule has 1 aromatic carbocycles. The first-order valence-corrected chi connectivity index (χ1v) is 9.94. The summed E-state index contributed by atoms with van der Waals surface area (Å²) in [6.07, 6.45) is 14.6. The third kappa shape index (κ3) is 4.31. The van der Waals surface area contributed by atoms with Crippen LogP contribution in [0, 0.1) is 17.8 Å². The molecule has 1 aromatic rings. The van der Waals surface area contributed by atoms with Crippen LogP contribution in [0.4, 0.5) is 0 Å². The number of ether oxygens (including phenoxy) is 1. The minimum absolute atomic E-state index is 0.786. The minimum atomic E-state index is 0.786. The van der Waals surface area contributed by atoms with Gasteiger partial charge in [0.05, 0.1) is 7.11 Å². The summed E-state index contributed by atoms with van der Waals surface area (Å²) in [6.45, 7) is 2.34. The van der Waals surface area contributed by atoms with Crippen molar-refractivity contribution in [1.82, 2.24) is 0 Å². The average molecular weight is 315 g/mol. The van der Waals surface area contributed by atoms with E-state index < -0.39 is 0 Å². The van der Waals surface area contributed by atoms with Crippen molar-refractivity contribution in [1.29, 1.82) is 0 Å². The standard InChI is InChI=1S/C22H34O/c1-3-4-17-5-7-18(8-6-17)19-9-11-20(12-10-19)21-13-15-22(23-2)16-14-21/h13-20H,3-12H2,1-2H3. The van der Waals surface area contributed by atoms with Crippen LogP contribution in [0.3, 0.4) is 0 Å². The Kier molecular flexibility index (Phi) is 6.02. The fraction of sp³-hybridized carbons (Fsp3) is 0.727. The van der Waals surface area contributed by atoms with E-state index in [1.165, 1.54) is 69.8 Å². The Hall–Kier alpha value is -0.980. The van der Waals surface area contributed by atoms with Gasteiger partial charge in [-0.15, -0.1) is 0 Å². The molecule has 0 aromatic heterocycles. The van der Waals surface area contributed by atoms with Gasteiger partial charge in [0.25, 0.3) is 0 Å². The highest BCUT2D eigenvalue weighted by atomic mass is 16.5. The summed E-state index contributed by atoms with van der Waals surface area (Å²) in [4.78, 5) is 0. The van der Waals surface area contributed by atoms with Gasteiger partial charge in [0.1, 0.15) is 5.75 Å². The van der Waals surface area contributed by atoms with Gasteiger partial charge in [0.15, 0.2) is 0 Å². The molecule has 2 aliphatic carbocycles. The van der Waals surface area contributed by atoms with Crippen LogP contribution in [0.25, 0.3) is 0 Å². The summed E-state index contributed by atoms with van der Waals surface area (Å²) in [5.74, 6) is 4.87. The average Bonchev–Trinajstić information content (AvgIpc) is 2.63. The van der Waals surface area contributed by atoms with Crippen LogP contribution >= 0.6 is 0 Å². The Labute approximate surface area is 142 Å². The Morgan fingerprint density at radius 3 is 1.91 bits per heavy atom. The first-order chi connectivity index (χ1) is 11.3.